The van der Waals surface area contributed by atoms with E-state index in [9.17, 15) is 19.7 Å². The van der Waals surface area contributed by atoms with Gasteiger partial charge in [-0.3, -0.25) is 14.9 Å². The lowest BCUT2D eigenvalue weighted by Gasteiger charge is -2.10. The molecular formula is C16H18N4O4. The molecule has 0 atom stereocenters. The number of hydrogen-bond acceptors (Lipinski definition) is 4. The summed E-state index contributed by atoms with van der Waals surface area (Å²) in [6.45, 7) is 2.03. The summed E-state index contributed by atoms with van der Waals surface area (Å²) in [6, 6.07) is 7.48. The van der Waals surface area contributed by atoms with E-state index in [0.29, 0.717) is 18.5 Å². The number of hydrogen-bond donors (Lipinski definition) is 2. The molecule has 0 unspecified atom stereocenters. The van der Waals surface area contributed by atoms with Gasteiger partial charge in [-0.2, -0.15) is 0 Å². The fourth-order valence-electron chi connectivity index (χ4n) is 2.18. The molecule has 1 aromatic heterocycles. The van der Waals surface area contributed by atoms with Gasteiger partial charge in [0.25, 0.3) is 11.2 Å². The maximum absolute atomic E-state index is 12.0. The molecule has 0 aliphatic rings. The van der Waals surface area contributed by atoms with Crippen molar-refractivity contribution in [2.45, 2.75) is 13.3 Å². The van der Waals surface area contributed by atoms with Crippen LogP contribution in [0.15, 0.2) is 41.3 Å². The zero-order chi connectivity index (χ0) is 17.7. The van der Waals surface area contributed by atoms with Gasteiger partial charge in [-0.15, -0.1) is 0 Å². The number of carbonyl (C=O) groups excluding carboxylic acids is 1. The number of aromatic nitrogens is 1. The lowest BCUT2D eigenvalue weighted by molar-refractivity contribution is -0.384. The number of nitrogens with one attached hydrogen (secondary N) is 2. The number of nitrogens with zero attached hydrogens (tertiary/aromatic N) is 2. The molecule has 0 saturated heterocycles. The fourth-order valence-corrected chi connectivity index (χ4v) is 2.18. The number of benzene rings is 1. The molecule has 2 aromatic rings. The average Bonchev–Trinajstić information content (AvgIpc) is 2.55. The topological polar surface area (TPSA) is 106 Å². The predicted octanol–water partition coefficient (Wildman–Crippen LogP) is 1.97. The summed E-state index contributed by atoms with van der Waals surface area (Å²) in [4.78, 5) is 34.2. The largest absolute Gasteiger partial charge is 0.338 e. The number of nitro groups is 1. The first-order valence-electron chi connectivity index (χ1n) is 7.33. The summed E-state index contributed by atoms with van der Waals surface area (Å²) in [5, 5.41) is 15.9. The van der Waals surface area contributed by atoms with Crippen molar-refractivity contribution in [1.82, 2.24) is 9.88 Å². The summed E-state index contributed by atoms with van der Waals surface area (Å²) in [6.07, 6.45) is 2.07. The van der Waals surface area contributed by atoms with E-state index in [4.69, 9.17) is 0 Å². The van der Waals surface area contributed by atoms with E-state index in [1.807, 2.05) is 0 Å². The third-order valence-corrected chi connectivity index (χ3v) is 3.54. The molecule has 0 aliphatic heterocycles. The standard InChI is InChI=1S/C16H18N4O4/c1-11-7-9-19(2)15(21)14(11)18-16(22)17-8-6-12-4-3-5-13(10-12)20(23)24/h3-5,7,9-10H,6,8H2,1-2H3,(H2,17,18,22). The second-order valence-corrected chi connectivity index (χ2v) is 5.35. The molecule has 2 rings (SSSR count). The van der Waals surface area contributed by atoms with Crippen LogP contribution in [0.25, 0.3) is 0 Å². The average molecular weight is 330 g/mol. The van der Waals surface area contributed by atoms with Crippen molar-refractivity contribution in [2.75, 3.05) is 11.9 Å². The number of urea groups is 1. The molecule has 2 N–H and O–H groups in total. The van der Waals surface area contributed by atoms with Crippen LogP contribution in [0.2, 0.25) is 0 Å². The highest BCUT2D eigenvalue weighted by Crippen LogP contribution is 2.13. The Kier molecular flexibility index (Phi) is 5.31. The Morgan fingerprint density at radius 3 is 2.79 bits per heavy atom. The first kappa shape index (κ1) is 17.2. The maximum Gasteiger partial charge on any atom is 0.319 e. The van der Waals surface area contributed by atoms with Crippen molar-refractivity contribution in [3.8, 4) is 0 Å². The highest BCUT2D eigenvalue weighted by atomic mass is 16.6. The monoisotopic (exact) mass is 330 g/mol. The van der Waals surface area contributed by atoms with Gasteiger partial charge in [-0.1, -0.05) is 12.1 Å². The van der Waals surface area contributed by atoms with Gasteiger partial charge in [0.15, 0.2) is 0 Å². The van der Waals surface area contributed by atoms with Crippen molar-refractivity contribution in [3.63, 3.8) is 0 Å². The van der Waals surface area contributed by atoms with Crippen LogP contribution in [0.3, 0.4) is 0 Å². The molecule has 0 aliphatic carbocycles. The van der Waals surface area contributed by atoms with Crippen LogP contribution >= 0.6 is 0 Å². The summed E-state index contributed by atoms with van der Waals surface area (Å²) >= 11 is 0. The highest BCUT2D eigenvalue weighted by molar-refractivity contribution is 5.89. The Morgan fingerprint density at radius 1 is 1.33 bits per heavy atom. The number of anilines is 1. The van der Waals surface area contributed by atoms with Gasteiger partial charge in [0.05, 0.1) is 4.92 Å². The maximum atomic E-state index is 12.0. The van der Waals surface area contributed by atoms with Crippen LogP contribution in [0, 0.1) is 17.0 Å². The molecular weight excluding hydrogens is 312 g/mol. The Labute approximate surface area is 138 Å². The van der Waals surface area contributed by atoms with Crippen molar-refractivity contribution >= 4 is 17.4 Å². The number of rotatable bonds is 5. The molecule has 24 heavy (non-hydrogen) atoms. The van der Waals surface area contributed by atoms with Gasteiger partial charge in [0.2, 0.25) is 0 Å². The van der Waals surface area contributed by atoms with Gasteiger partial charge < -0.3 is 15.2 Å². The Hall–Kier alpha value is -3.16. The lowest BCUT2D eigenvalue weighted by atomic mass is 10.1. The normalized spacial score (nSPS) is 10.2. The molecule has 8 heteroatoms. The van der Waals surface area contributed by atoms with Crippen LogP contribution in [-0.4, -0.2) is 22.1 Å². The Balaban J connectivity index is 1.93. The summed E-state index contributed by atoms with van der Waals surface area (Å²) in [5.74, 6) is 0. The molecule has 0 radical (unpaired) electrons. The Bertz CT molecular complexity index is 829. The lowest BCUT2D eigenvalue weighted by Crippen LogP contribution is -2.34. The second-order valence-electron chi connectivity index (χ2n) is 5.35. The molecule has 8 nitrogen and oxygen atoms in total. The van der Waals surface area contributed by atoms with Crippen molar-refractivity contribution in [1.29, 1.82) is 0 Å². The van der Waals surface area contributed by atoms with Gasteiger partial charge in [0.1, 0.15) is 5.69 Å². The van der Waals surface area contributed by atoms with Crippen LogP contribution in [0.1, 0.15) is 11.1 Å². The van der Waals surface area contributed by atoms with Gasteiger partial charge >= 0.3 is 6.03 Å². The number of pyridine rings is 1. The number of non-ortho nitro benzene ring substituents is 1. The molecule has 0 fully saturated rings. The van der Waals surface area contributed by atoms with E-state index in [1.165, 1.54) is 16.7 Å². The Morgan fingerprint density at radius 2 is 2.08 bits per heavy atom. The second kappa shape index (κ2) is 7.40. The van der Waals surface area contributed by atoms with Crippen molar-refractivity contribution < 1.29 is 9.72 Å². The zero-order valence-corrected chi connectivity index (χ0v) is 13.4. The van der Waals surface area contributed by atoms with Crippen LogP contribution < -0.4 is 16.2 Å². The summed E-state index contributed by atoms with van der Waals surface area (Å²) in [7, 11) is 1.60. The van der Waals surface area contributed by atoms with Crippen LogP contribution in [-0.2, 0) is 13.5 Å². The van der Waals surface area contributed by atoms with Gasteiger partial charge in [-0.25, -0.2) is 4.79 Å². The number of nitro benzene ring substituents is 1. The molecule has 1 aromatic carbocycles. The molecule has 2 amide bonds. The van der Waals surface area contributed by atoms with E-state index in [-0.39, 0.29) is 16.9 Å². The first-order valence-corrected chi connectivity index (χ1v) is 7.33. The quantitative estimate of drug-likeness (QED) is 0.645. The third-order valence-electron chi connectivity index (χ3n) is 3.54. The fraction of sp³-hybridized carbons (Fsp3) is 0.250. The number of carbonyl (C=O) groups is 1. The number of amides is 2. The van der Waals surface area contributed by atoms with Crippen molar-refractivity contribution in [2.24, 2.45) is 7.05 Å². The smallest absolute Gasteiger partial charge is 0.319 e. The summed E-state index contributed by atoms with van der Waals surface area (Å²) < 4.78 is 1.38. The van der Waals surface area contributed by atoms with E-state index >= 15 is 0 Å². The molecule has 1 heterocycles. The molecule has 126 valence electrons. The minimum Gasteiger partial charge on any atom is -0.338 e. The SMILES string of the molecule is Cc1ccn(C)c(=O)c1NC(=O)NCCc1cccc([N+](=O)[O-])c1. The zero-order valence-electron chi connectivity index (χ0n) is 13.4. The van der Waals surface area contributed by atoms with E-state index < -0.39 is 11.0 Å². The summed E-state index contributed by atoms with van der Waals surface area (Å²) in [5.41, 5.74) is 1.38. The highest BCUT2D eigenvalue weighted by Gasteiger charge is 2.10. The van der Waals surface area contributed by atoms with E-state index in [0.717, 1.165) is 5.56 Å². The minimum atomic E-state index is -0.494. The van der Waals surface area contributed by atoms with Gasteiger partial charge in [-0.05, 0) is 30.5 Å². The minimum absolute atomic E-state index is 0.0142. The van der Waals surface area contributed by atoms with Crippen LogP contribution in [0.4, 0.5) is 16.2 Å². The predicted molar refractivity (Wildman–Crippen MR) is 90.2 cm³/mol. The third kappa shape index (κ3) is 4.19. The molecule has 0 saturated carbocycles. The molecule has 0 spiro atoms. The van der Waals surface area contributed by atoms with Crippen LogP contribution in [0.5, 0.6) is 0 Å². The van der Waals surface area contributed by atoms with E-state index in [2.05, 4.69) is 10.6 Å². The van der Waals surface area contributed by atoms with Gasteiger partial charge in [0, 0.05) is 31.9 Å². The molecule has 0 bridgehead atoms. The van der Waals surface area contributed by atoms with Crippen molar-refractivity contribution in [3.05, 3.63) is 68.1 Å². The number of aryl methyl sites for hydroxylation is 2. The first-order chi connectivity index (χ1) is 11.4. The van der Waals surface area contributed by atoms with E-state index in [1.54, 1.807) is 38.4 Å².